The highest BCUT2D eigenvalue weighted by atomic mass is 32.2. The van der Waals surface area contributed by atoms with E-state index in [4.69, 9.17) is 4.99 Å². The van der Waals surface area contributed by atoms with E-state index in [0.717, 1.165) is 25.7 Å². The first-order chi connectivity index (χ1) is 13.5. The molecule has 2 fully saturated rings. The molecule has 2 saturated carbocycles. The molecule has 148 valence electrons. The van der Waals surface area contributed by atoms with E-state index in [1.807, 2.05) is 12.1 Å². The van der Waals surface area contributed by atoms with Crippen LogP contribution in [0.25, 0.3) is 0 Å². The van der Waals surface area contributed by atoms with Gasteiger partial charge < -0.3 is 0 Å². The van der Waals surface area contributed by atoms with E-state index >= 15 is 0 Å². The van der Waals surface area contributed by atoms with Crippen LogP contribution < -0.4 is 10.2 Å². The number of rotatable bonds is 5. The van der Waals surface area contributed by atoms with Crippen molar-refractivity contribution in [1.29, 1.82) is 0 Å². The van der Waals surface area contributed by atoms with Crippen molar-refractivity contribution in [2.24, 2.45) is 4.99 Å². The minimum atomic E-state index is -3.60. The zero-order valence-corrected chi connectivity index (χ0v) is 16.6. The summed E-state index contributed by atoms with van der Waals surface area (Å²) in [6.45, 7) is 0. The molecule has 0 spiro atoms. The van der Waals surface area contributed by atoms with E-state index in [-0.39, 0.29) is 22.9 Å². The molecular weight excluding hydrogens is 374 g/mol. The van der Waals surface area contributed by atoms with Crippen molar-refractivity contribution in [2.75, 3.05) is 0 Å². The van der Waals surface area contributed by atoms with Gasteiger partial charge >= 0.3 is 0 Å². The molecule has 4 rings (SSSR count). The third kappa shape index (κ3) is 4.42. The Kier molecular flexibility index (Phi) is 5.46. The van der Waals surface area contributed by atoms with Gasteiger partial charge in [0, 0.05) is 17.8 Å². The summed E-state index contributed by atoms with van der Waals surface area (Å²) in [6, 6.07) is 12.0. The minimum Gasteiger partial charge on any atom is -0.268 e. The lowest BCUT2D eigenvalue weighted by Crippen LogP contribution is -2.30. The van der Waals surface area contributed by atoms with Crippen LogP contribution in [-0.4, -0.2) is 31.0 Å². The van der Waals surface area contributed by atoms with Gasteiger partial charge in [-0.2, -0.15) is 0 Å². The highest BCUT2D eigenvalue weighted by Crippen LogP contribution is 2.23. The van der Waals surface area contributed by atoms with E-state index in [9.17, 15) is 13.2 Å². The first kappa shape index (κ1) is 19.1. The Hall–Kier alpha value is -2.25. The molecule has 0 saturated heterocycles. The number of aromatic nitrogens is 1. The molecule has 0 aliphatic heterocycles. The largest absolute Gasteiger partial charge is 0.268 e. The molecule has 28 heavy (non-hydrogen) atoms. The Morgan fingerprint density at radius 3 is 2.54 bits per heavy atom. The first-order valence-electron chi connectivity index (χ1n) is 9.91. The molecule has 6 nitrogen and oxygen atoms in total. The van der Waals surface area contributed by atoms with Crippen LogP contribution in [0.5, 0.6) is 0 Å². The molecule has 2 aromatic rings. The minimum absolute atomic E-state index is 0.0220. The number of hydrogen-bond donors (Lipinski definition) is 1. The number of carbonyl (C=O) groups excluding carboxylic acids is 1. The van der Waals surface area contributed by atoms with Crippen molar-refractivity contribution in [2.45, 2.75) is 61.9 Å². The van der Waals surface area contributed by atoms with Crippen LogP contribution >= 0.6 is 0 Å². The lowest BCUT2D eigenvalue weighted by Gasteiger charge is -2.17. The second kappa shape index (κ2) is 8.01. The van der Waals surface area contributed by atoms with Gasteiger partial charge in [-0.1, -0.05) is 31.4 Å². The Morgan fingerprint density at radius 2 is 1.79 bits per heavy atom. The molecular formula is C21H25N3O3S. The van der Waals surface area contributed by atoms with E-state index in [2.05, 4.69) is 4.72 Å². The fourth-order valence-corrected chi connectivity index (χ4v) is 4.88. The van der Waals surface area contributed by atoms with Crippen LogP contribution in [-0.2, 0) is 10.0 Å². The van der Waals surface area contributed by atoms with Crippen LogP contribution in [0, 0.1) is 0 Å². The van der Waals surface area contributed by atoms with Crippen molar-refractivity contribution in [1.82, 2.24) is 9.29 Å². The van der Waals surface area contributed by atoms with Crippen molar-refractivity contribution < 1.29 is 13.2 Å². The molecule has 0 bridgehead atoms. The van der Waals surface area contributed by atoms with E-state index in [1.165, 1.54) is 36.0 Å². The molecule has 0 amide bonds. The average molecular weight is 400 g/mol. The summed E-state index contributed by atoms with van der Waals surface area (Å²) in [5.74, 6) is -0.279. The van der Waals surface area contributed by atoms with Gasteiger partial charge in [-0.3, -0.25) is 14.4 Å². The zero-order chi connectivity index (χ0) is 19.6. The molecule has 1 aromatic heterocycles. The Bertz CT molecular complexity index is 1030. The fourth-order valence-electron chi connectivity index (χ4n) is 3.53. The molecule has 1 heterocycles. The predicted octanol–water partition coefficient (Wildman–Crippen LogP) is 2.85. The second-order valence-electron chi connectivity index (χ2n) is 7.58. The summed E-state index contributed by atoms with van der Waals surface area (Å²) in [5, 5.41) is 0. The average Bonchev–Trinajstić information content (AvgIpc) is 3.52. The van der Waals surface area contributed by atoms with E-state index in [1.54, 1.807) is 24.4 Å². The maximum Gasteiger partial charge on any atom is 0.263 e. The molecule has 0 radical (unpaired) electrons. The maximum absolute atomic E-state index is 13.1. The normalized spacial score (nSPS) is 18.9. The zero-order valence-electron chi connectivity index (χ0n) is 15.8. The highest BCUT2D eigenvalue weighted by molar-refractivity contribution is 7.89. The summed E-state index contributed by atoms with van der Waals surface area (Å²) in [5.41, 5.74) is 0.943. The molecule has 0 atom stereocenters. The number of sulfonamides is 1. The van der Waals surface area contributed by atoms with Gasteiger partial charge in [-0.25, -0.2) is 13.1 Å². The Balaban J connectivity index is 1.65. The summed E-state index contributed by atoms with van der Waals surface area (Å²) in [7, 11) is -3.60. The third-order valence-electron chi connectivity index (χ3n) is 5.24. The topological polar surface area (TPSA) is 80.5 Å². The van der Waals surface area contributed by atoms with Crippen LogP contribution in [0.15, 0.2) is 58.5 Å². The van der Waals surface area contributed by atoms with Crippen LogP contribution in [0.4, 0.5) is 0 Å². The Morgan fingerprint density at radius 1 is 1.00 bits per heavy atom. The van der Waals surface area contributed by atoms with Gasteiger partial charge in [0.25, 0.3) is 5.91 Å². The van der Waals surface area contributed by atoms with Gasteiger partial charge in [0.1, 0.15) is 5.49 Å². The van der Waals surface area contributed by atoms with Crippen molar-refractivity contribution in [3.8, 4) is 0 Å². The van der Waals surface area contributed by atoms with Gasteiger partial charge in [-0.15, -0.1) is 0 Å². The maximum atomic E-state index is 13.1. The van der Waals surface area contributed by atoms with Crippen molar-refractivity contribution in [3.63, 3.8) is 0 Å². The Labute approximate surface area is 165 Å². The number of pyridine rings is 1. The van der Waals surface area contributed by atoms with Crippen molar-refractivity contribution in [3.05, 3.63) is 59.7 Å². The van der Waals surface area contributed by atoms with Crippen LogP contribution in [0.3, 0.4) is 0 Å². The van der Waals surface area contributed by atoms with Gasteiger partial charge in [0.05, 0.1) is 10.9 Å². The molecule has 2 aliphatic rings. The fraction of sp³-hybridized carbons (Fsp3) is 0.429. The monoisotopic (exact) mass is 399 g/mol. The smallest absolute Gasteiger partial charge is 0.263 e. The van der Waals surface area contributed by atoms with Gasteiger partial charge in [-0.05, 0) is 56.0 Å². The van der Waals surface area contributed by atoms with E-state index in [0.29, 0.717) is 11.1 Å². The quantitative estimate of drug-likeness (QED) is 0.839. The summed E-state index contributed by atoms with van der Waals surface area (Å²) in [6.07, 6.45) is 9.09. The summed E-state index contributed by atoms with van der Waals surface area (Å²) in [4.78, 5) is 18.0. The van der Waals surface area contributed by atoms with Crippen molar-refractivity contribution >= 4 is 15.9 Å². The number of hydrogen-bond acceptors (Lipinski definition) is 4. The molecule has 0 unspecified atom stereocenters. The predicted molar refractivity (Wildman–Crippen MR) is 106 cm³/mol. The van der Waals surface area contributed by atoms with Gasteiger partial charge in [0.15, 0.2) is 0 Å². The number of benzene rings is 1. The van der Waals surface area contributed by atoms with Gasteiger partial charge in [0.2, 0.25) is 10.0 Å². The standard InChI is InChI=1S/C21H25N3O3S/c25-21(16-7-6-10-19(15-16)28(26,27)23-18-12-13-18)24-14-5-4-11-20(24)22-17-8-2-1-3-9-17/h4-7,10-11,14-15,17-18,23H,1-3,8-9,12-13H2. The number of carbonyl (C=O) groups is 1. The summed E-state index contributed by atoms with van der Waals surface area (Å²) >= 11 is 0. The lowest BCUT2D eigenvalue weighted by molar-refractivity contribution is 0.0954. The number of nitrogens with one attached hydrogen (secondary N) is 1. The third-order valence-corrected chi connectivity index (χ3v) is 6.76. The molecule has 7 heteroatoms. The molecule has 2 aliphatic carbocycles. The first-order valence-corrected chi connectivity index (χ1v) is 11.4. The summed E-state index contributed by atoms with van der Waals surface area (Å²) < 4.78 is 29.1. The van der Waals surface area contributed by atoms with E-state index < -0.39 is 10.0 Å². The highest BCUT2D eigenvalue weighted by Gasteiger charge is 2.28. The molecule has 1 aromatic carbocycles. The van der Waals surface area contributed by atoms with Crippen LogP contribution in [0.1, 0.15) is 55.3 Å². The molecule has 1 N–H and O–H groups in total. The number of nitrogens with zero attached hydrogens (tertiary/aromatic N) is 2. The lowest BCUT2D eigenvalue weighted by atomic mass is 9.96. The SMILES string of the molecule is O=C(c1cccc(S(=O)(=O)NC2CC2)c1)n1ccccc1=NC1CCCCC1. The second-order valence-corrected chi connectivity index (χ2v) is 9.29. The van der Waals surface area contributed by atoms with Crippen LogP contribution in [0.2, 0.25) is 0 Å².